The number of nitrogens with one attached hydrogen (secondary N) is 2. The van der Waals surface area contributed by atoms with Crippen LogP contribution < -0.4 is 21.1 Å². The minimum Gasteiger partial charge on any atom is -0.497 e. The molecule has 2 atom stereocenters. The molecule has 1 aliphatic heterocycles. The van der Waals surface area contributed by atoms with Crippen molar-refractivity contribution in [2.24, 2.45) is 5.73 Å². The van der Waals surface area contributed by atoms with Crippen LogP contribution in [0.25, 0.3) is 0 Å². The first-order chi connectivity index (χ1) is 15.8. The average molecular weight is 455 g/mol. The molecule has 2 heterocycles. The first-order valence-corrected chi connectivity index (χ1v) is 10.1. The number of likely N-dealkylation sites (N-methyl/N-ethyl adjacent to an activating group) is 1. The zero-order chi connectivity index (χ0) is 24.0. The number of carbonyl (C=O) groups excluding carboxylic acids is 4. The lowest BCUT2D eigenvalue weighted by atomic mass is 10.1. The average Bonchev–Trinajstić information content (AvgIpc) is 3.21. The fourth-order valence-electron chi connectivity index (χ4n) is 3.61. The molecule has 0 bridgehead atoms. The van der Waals surface area contributed by atoms with E-state index in [0.29, 0.717) is 17.9 Å². The second kappa shape index (κ2) is 10.4. The van der Waals surface area contributed by atoms with E-state index in [-0.39, 0.29) is 18.8 Å². The number of methoxy groups -OCH3 is 1. The molecule has 0 unspecified atom stereocenters. The molecule has 3 rings (SSSR count). The largest absolute Gasteiger partial charge is 0.497 e. The second-order valence-electron chi connectivity index (χ2n) is 7.42. The first-order valence-electron chi connectivity index (χ1n) is 10.1. The van der Waals surface area contributed by atoms with Gasteiger partial charge < -0.3 is 30.9 Å². The Morgan fingerprint density at radius 2 is 2.06 bits per heavy atom. The fraction of sp³-hybridized carbons (Fsp3) is 0.333. The number of benzene rings is 1. The van der Waals surface area contributed by atoms with E-state index in [4.69, 9.17) is 10.5 Å². The molecule has 0 aliphatic carbocycles. The molecule has 1 saturated heterocycles. The van der Waals surface area contributed by atoms with Crippen LogP contribution in [-0.2, 0) is 9.59 Å². The molecule has 12 heteroatoms. The molecule has 0 spiro atoms. The van der Waals surface area contributed by atoms with E-state index in [1.165, 1.54) is 37.6 Å². The van der Waals surface area contributed by atoms with Gasteiger partial charge in [-0.1, -0.05) is 6.07 Å². The van der Waals surface area contributed by atoms with E-state index in [1.807, 2.05) is 0 Å². The smallest absolute Gasteiger partial charge is 0.319 e. The Labute approximate surface area is 190 Å². The molecule has 2 aromatic rings. The van der Waals surface area contributed by atoms with Crippen molar-refractivity contribution >= 4 is 29.4 Å². The van der Waals surface area contributed by atoms with Crippen molar-refractivity contribution in [2.75, 3.05) is 32.6 Å². The normalized spacial score (nSPS) is 17.2. The fourth-order valence-corrected chi connectivity index (χ4v) is 3.61. The van der Waals surface area contributed by atoms with Gasteiger partial charge in [0, 0.05) is 37.7 Å². The van der Waals surface area contributed by atoms with Crippen LogP contribution in [0.2, 0.25) is 0 Å². The Morgan fingerprint density at radius 1 is 1.27 bits per heavy atom. The zero-order valence-electron chi connectivity index (χ0n) is 18.2. The summed E-state index contributed by atoms with van der Waals surface area (Å²) in [5, 5.41) is 5.44. The van der Waals surface area contributed by atoms with Gasteiger partial charge in [0.05, 0.1) is 25.9 Å². The van der Waals surface area contributed by atoms with Gasteiger partial charge in [-0.2, -0.15) is 0 Å². The molecule has 0 radical (unpaired) electrons. The Balaban J connectivity index is 1.79. The predicted octanol–water partition coefficient (Wildman–Crippen LogP) is -0.166. The quantitative estimate of drug-likeness (QED) is 0.523. The summed E-state index contributed by atoms with van der Waals surface area (Å²) in [6, 6.07) is 4.46. The molecule has 1 aromatic carbocycles. The number of anilines is 1. The predicted molar refractivity (Wildman–Crippen MR) is 117 cm³/mol. The summed E-state index contributed by atoms with van der Waals surface area (Å²) < 4.78 is 5.14. The van der Waals surface area contributed by atoms with Gasteiger partial charge >= 0.3 is 6.03 Å². The van der Waals surface area contributed by atoms with E-state index in [2.05, 4.69) is 20.6 Å². The van der Waals surface area contributed by atoms with Gasteiger partial charge in [-0.3, -0.25) is 19.4 Å². The van der Waals surface area contributed by atoms with Gasteiger partial charge in [0.2, 0.25) is 11.8 Å². The van der Waals surface area contributed by atoms with Crippen LogP contribution >= 0.6 is 0 Å². The van der Waals surface area contributed by atoms with Crippen molar-refractivity contribution < 1.29 is 23.9 Å². The summed E-state index contributed by atoms with van der Waals surface area (Å²) >= 11 is 0. The molecule has 1 aliphatic rings. The maximum Gasteiger partial charge on any atom is 0.319 e. The van der Waals surface area contributed by atoms with Crippen LogP contribution in [0.3, 0.4) is 0 Å². The SMILES string of the molecule is COc1cccc(NC(=O)N[C@H]2CCN(C(=O)c3cnccn3)[C@@H]2C(=O)N(C)CC(N)=O)c1. The van der Waals surface area contributed by atoms with Crippen LogP contribution in [-0.4, -0.2) is 82.9 Å². The van der Waals surface area contributed by atoms with E-state index in [0.717, 1.165) is 4.90 Å². The summed E-state index contributed by atoms with van der Waals surface area (Å²) in [5.41, 5.74) is 5.77. The number of ether oxygens (including phenoxy) is 1. The lowest BCUT2D eigenvalue weighted by molar-refractivity contribution is -0.137. The Morgan fingerprint density at radius 3 is 2.73 bits per heavy atom. The number of aromatic nitrogens is 2. The van der Waals surface area contributed by atoms with Crippen LogP contribution in [0.15, 0.2) is 42.9 Å². The summed E-state index contributed by atoms with van der Waals surface area (Å²) in [7, 11) is 2.92. The molecule has 0 saturated carbocycles. The molecule has 1 fully saturated rings. The number of primary amides is 1. The minimum atomic E-state index is -1.06. The Kier molecular flexibility index (Phi) is 7.38. The van der Waals surface area contributed by atoms with E-state index in [1.54, 1.807) is 24.3 Å². The van der Waals surface area contributed by atoms with E-state index < -0.39 is 35.8 Å². The molecular formula is C21H25N7O5. The van der Waals surface area contributed by atoms with Crippen molar-refractivity contribution in [1.82, 2.24) is 25.1 Å². The van der Waals surface area contributed by atoms with Crippen molar-refractivity contribution in [2.45, 2.75) is 18.5 Å². The number of hydrogen-bond acceptors (Lipinski definition) is 7. The van der Waals surface area contributed by atoms with Gasteiger partial charge in [0.1, 0.15) is 17.5 Å². The maximum atomic E-state index is 13.2. The number of urea groups is 1. The number of likely N-dealkylation sites (tertiary alicyclic amines) is 1. The number of carbonyl (C=O) groups is 4. The lowest BCUT2D eigenvalue weighted by Crippen LogP contribution is -2.56. The van der Waals surface area contributed by atoms with Crippen LogP contribution in [0.1, 0.15) is 16.9 Å². The Hall–Kier alpha value is -4.22. The number of rotatable bonds is 7. The highest BCUT2D eigenvalue weighted by Gasteiger charge is 2.44. The van der Waals surface area contributed by atoms with E-state index >= 15 is 0 Å². The van der Waals surface area contributed by atoms with Crippen molar-refractivity contribution in [3.05, 3.63) is 48.5 Å². The van der Waals surface area contributed by atoms with Crippen molar-refractivity contribution in [3.63, 3.8) is 0 Å². The lowest BCUT2D eigenvalue weighted by Gasteiger charge is -2.30. The monoisotopic (exact) mass is 455 g/mol. The molecule has 4 N–H and O–H groups in total. The third kappa shape index (κ3) is 5.73. The number of nitrogens with zero attached hydrogens (tertiary/aromatic N) is 4. The summed E-state index contributed by atoms with van der Waals surface area (Å²) in [5.74, 6) is -1.17. The molecule has 1 aromatic heterocycles. The van der Waals surface area contributed by atoms with Crippen molar-refractivity contribution in [3.8, 4) is 5.75 Å². The highest BCUT2D eigenvalue weighted by atomic mass is 16.5. The van der Waals surface area contributed by atoms with Gasteiger partial charge in [-0.15, -0.1) is 0 Å². The Bertz CT molecular complexity index is 1030. The second-order valence-corrected chi connectivity index (χ2v) is 7.42. The highest BCUT2D eigenvalue weighted by molar-refractivity contribution is 5.98. The molecule has 5 amide bonds. The van der Waals surface area contributed by atoms with Crippen LogP contribution in [0.5, 0.6) is 5.75 Å². The third-order valence-electron chi connectivity index (χ3n) is 5.11. The topological polar surface area (TPSA) is 160 Å². The summed E-state index contributed by atoms with van der Waals surface area (Å²) in [6.45, 7) is -0.133. The maximum absolute atomic E-state index is 13.2. The minimum absolute atomic E-state index is 0.0642. The van der Waals surface area contributed by atoms with Crippen molar-refractivity contribution in [1.29, 1.82) is 0 Å². The number of nitrogens with two attached hydrogens (primary N) is 1. The highest BCUT2D eigenvalue weighted by Crippen LogP contribution is 2.23. The number of amides is 5. The molecule has 12 nitrogen and oxygen atoms in total. The van der Waals surface area contributed by atoms with Gasteiger partial charge in [0.15, 0.2) is 0 Å². The third-order valence-corrected chi connectivity index (χ3v) is 5.11. The van der Waals surface area contributed by atoms with E-state index in [9.17, 15) is 19.2 Å². The van der Waals surface area contributed by atoms with Crippen LogP contribution in [0, 0.1) is 0 Å². The van der Waals surface area contributed by atoms with Gasteiger partial charge in [0.25, 0.3) is 5.91 Å². The number of hydrogen-bond donors (Lipinski definition) is 3. The molecule has 174 valence electrons. The van der Waals surface area contributed by atoms with Gasteiger partial charge in [-0.25, -0.2) is 9.78 Å². The molecule has 33 heavy (non-hydrogen) atoms. The summed E-state index contributed by atoms with van der Waals surface area (Å²) in [6.07, 6.45) is 4.42. The zero-order valence-corrected chi connectivity index (χ0v) is 18.2. The van der Waals surface area contributed by atoms with Gasteiger partial charge in [-0.05, 0) is 18.6 Å². The summed E-state index contributed by atoms with van der Waals surface area (Å²) in [4.78, 5) is 60.5. The first kappa shape index (κ1) is 23.4. The molecular weight excluding hydrogens is 430 g/mol. The van der Waals surface area contributed by atoms with Crippen LogP contribution in [0.4, 0.5) is 10.5 Å². The standard InChI is InChI=1S/C21H25N7O5/c1-27(12-17(22)29)20(31)18-15(6-9-28(18)19(30)16-11-23-7-8-24-16)26-21(32)25-13-4-3-5-14(10-13)33-2/h3-5,7-8,10-11,15,18H,6,9,12H2,1-2H3,(H2,22,29)(H2,25,26,32)/t15-,18-/m0/s1.